The Bertz CT molecular complexity index is 419. The Morgan fingerprint density at radius 2 is 2.26 bits per heavy atom. The number of carbonyl (C=O) groups is 1. The van der Waals surface area contributed by atoms with E-state index >= 15 is 0 Å². The summed E-state index contributed by atoms with van der Waals surface area (Å²) >= 11 is 0. The largest absolute Gasteiger partial charge is 0.445 e. The van der Waals surface area contributed by atoms with Crippen molar-refractivity contribution in [3.63, 3.8) is 0 Å². The normalized spacial score (nSPS) is 19.1. The Morgan fingerprint density at radius 1 is 1.47 bits per heavy atom. The van der Waals surface area contributed by atoms with Gasteiger partial charge in [0, 0.05) is 25.7 Å². The Labute approximate surface area is 114 Å². The number of alkyl carbamates (subject to hydrolysis) is 1. The molecule has 4 heteroatoms. The summed E-state index contributed by atoms with van der Waals surface area (Å²) in [6.07, 6.45) is 2.51. The van der Waals surface area contributed by atoms with Crippen LogP contribution in [0.15, 0.2) is 43.0 Å². The van der Waals surface area contributed by atoms with Gasteiger partial charge in [-0.05, 0) is 12.0 Å². The monoisotopic (exact) mass is 260 g/mol. The fourth-order valence-electron chi connectivity index (χ4n) is 2.23. The second kappa shape index (κ2) is 6.95. The molecular formula is C15H20N2O2. The Balaban J connectivity index is 1.69. The first-order valence-corrected chi connectivity index (χ1v) is 6.58. The van der Waals surface area contributed by atoms with Crippen LogP contribution in [0.1, 0.15) is 12.0 Å². The van der Waals surface area contributed by atoms with Crippen LogP contribution in [0.5, 0.6) is 0 Å². The number of nitrogens with one attached hydrogen (secondary N) is 1. The van der Waals surface area contributed by atoms with Crippen LogP contribution in [0, 0.1) is 0 Å². The minimum absolute atomic E-state index is 0.184. The van der Waals surface area contributed by atoms with E-state index in [0.29, 0.717) is 6.61 Å². The number of carbonyl (C=O) groups excluding carboxylic acids is 1. The highest BCUT2D eigenvalue weighted by molar-refractivity contribution is 5.67. The van der Waals surface area contributed by atoms with Crippen molar-refractivity contribution in [2.75, 3.05) is 19.6 Å². The zero-order chi connectivity index (χ0) is 13.5. The molecule has 0 aliphatic carbocycles. The van der Waals surface area contributed by atoms with Crippen LogP contribution in [-0.2, 0) is 11.3 Å². The lowest BCUT2D eigenvalue weighted by Gasteiger charge is -2.14. The van der Waals surface area contributed by atoms with Crippen LogP contribution < -0.4 is 5.32 Å². The first kappa shape index (κ1) is 13.6. The molecule has 0 spiro atoms. The van der Waals surface area contributed by atoms with Gasteiger partial charge in [-0.15, -0.1) is 6.58 Å². The van der Waals surface area contributed by atoms with E-state index in [1.54, 1.807) is 0 Å². The van der Waals surface area contributed by atoms with Crippen LogP contribution in [0.3, 0.4) is 0 Å². The molecule has 1 aromatic carbocycles. The summed E-state index contributed by atoms with van der Waals surface area (Å²) in [6, 6.07) is 9.87. The van der Waals surface area contributed by atoms with Gasteiger partial charge in [-0.1, -0.05) is 36.4 Å². The van der Waals surface area contributed by atoms with E-state index in [9.17, 15) is 4.79 Å². The molecule has 4 nitrogen and oxygen atoms in total. The van der Waals surface area contributed by atoms with Gasteiger partial charge in [0.1, 0.15) is 6.61 Å². The van der Waals surface area contributed by atoms with Gasteiger partial charge in [0.15, 0.2) is 0 Å². The molecule has 1 aliphatic heterocycles. The summed E-state index contributed by atoms with van der Waals surface area (Å²) in [5.74, 6) is 0. The van der Waals surface area contributed by atoms with Crippen molar-refractivity contribution in [3.05, 3.63) is 48.6 Å². The highest BCUT2D eigenvalue weighted by Crippen LogP contribution is 2.09. The molecule has 1 aliphatic rings. The highest BCUT2D eigenvalue weighted by atomic mass is 16.5. The van der Waals surface area contributed by atoms with E-state index in [1.807, 2.05) is 36.4 Å². The topological polar surface area (TPSA) is 41.6 Å². The second-order valence-electron chi connectivity index (χ2n) is 4.74. The van der Waals surface area contributed by atoms with E-state index in [-0.39, 0.29) is 12.1 Å². The van der Waals surface area contributed by atoms with Gasteiger partial charge in [0.2, 0.25) is 0 Å². The number of nitrogens with zero attached hydrogens (tertiary/aromatic N) is 1. The third kappa shape index (κ3) is 4.41. The highest BCUT2D eigenvalue weighted by Gasteiger charge is 2.23. The molecule has 0 aromatic heterocycles. The zero-order valence-corrected chi connectivity index (χ0v) is 11.0. The summed E-state index contributed by atoms with van der Waals surface area (Å²) in [7, 11) is 0. The molecule has 1 saturated heterocycles. The standard InChI is InChI=1S/C15H20N2O2/c1-2-9-17-10-8-14(11-17)16-15(18)19-12-13-6-4-3-5-7-13/h2-7,14H,1,8-12H2,(H,16,18)/t14-/m0/s1. The predicted molar refractivity (Wildman–Crippen MR) is 74.8 cm³/mol. The van der Waals surface area contributed by atoms with Gasteiger partial charge < -0.3 is 10.1 Å². The van der Waals surface area contributed by atoms with Crippen LogP contribution in [0.25, 0.3) is 0 Å². The maximum atomic E-state index is 11.7. The van der Waals surface area contributed by atoms with Gasteiger partial charge in [-0.2, -0.15) is 0 Å². The Morgan fingerprint density at radius 3 is 3.00 bits per heavy atom. The molecule has 2 rings (SSSR count). The molecule has 1 heterocycles. The lowest BCUT2D eigenvalue weighted by atomic mass is 10.2. The number of likely N-dealkylation sites (tertiary alicyclic amines) is 1. The molecule has 0 bridgehead atoms. The molecule has 1 amide bonds. The quantitative estimate of drug-likeness (QED) is 0.825. The minimum Gasteiger partial charge on any atom is -0.445 e. The van der Waals surface area contributed by atoms with Gasteiger partial charge in [0.05, 0.1) is 0 Å². The average molecular weight is 260 g/mol. The van der Waals surface area contributed by atoms with Crippen LogP contribution in [-0.4, -0.2) is 36.7 Å². The smallest absolute Gasteiger partial charge is 0.407 e. The van der Waals surface area contributed by atoms with Gasteiger partial charge in [-0.3, -0.25) is 4.90 Å². The van der Waals surface area contributed by atoms with Crippen molar-refractivity contribution in [1.82, 2.24) is 10.2 Å². The maximum absolute atomic E-state index is 11.7. The Kier molecular flexibility index (Phi) is 4.98. The van der Waals surface area contributed by atoms with E-state index in [0.717, 1.165) is 31.6 Å². The third-order valence-corrected chi connectivity index (χ3v) is 3.19. The van der Waals surface area contributed by atoms with Gasteiger partial charge in [-0.25, -0.2) is 4.79 Å². The lowest BCUT2D eigenvalue weighted by Crippen LogP contribution is -2.37. The molecule has 1 fully saturated rings. The minimum atomic E-state index is -0.339. The molecule has 19 heavy (non-hydrogen) atoms. The molecule has 1 N–H and O–H groups in total. The maximum Gasteiger partial charge on any atom is 0.407 e. The molecule has 0 saturated carbocycles. The zero-order valence-electron chi connectivity index (χ0n) is 11.0. The van der Waals surface area contributed by atoms with E-state index in [2.05, 4.69) is 16.8 Å². The van der Waals surface area contributed by atoms with Crippen molar-refractivity contribution in [2.45, 2.75) is 19.1 Å². The van der Waals surface area contributed by atoms with E-state index < -0.39 is 0 Å². The third-order valence-electron chi connectivity index (χ3n) is 3.19. The Hall–Kier alpha value is -1.81. The van der Waals surface area contributed by atoms with Gasteiger partial charge >= 0.3 is 6.09 Å². The van der Waals surface area contributed by atoms with Crippen LogP contribution >= 0.6 is 0 Å². The van der Waals surface area contributed by atoms with Crippen LogP contribution in [0.2, 0.25) is 0 Å². The summed E-state index contributed by atoms with van der Waals surface area (Å²) < 4.78 is 5.20. The average Bonchev–Trinajstić information content (AvgIpc) is 2.85. The number of hydrogen-bond acceptors (Lipinski definition) is 3. The number of rotatable bonds is 5. The van der Waals surface area contributed by atoms with Crippen LogP contribution in [0.4, 0.5) is 4.79 Å². The van der Waals surface area contributed by atoms with Crippen molar-refractivity contribution in [2.24, 2.45) is 0 Å². The number of benzene rings is 1. The van der Waals surface area contributed by atoms with E-state index in [1.165, 1.54) is 0 Å². The SMILES string of the molecule is C=CCN1CC[C@H](NC(=O)OCc2ccccc2)C1. The number of ether oxygens (including phenoxy) is 1. The lowest BCUT2D eigenvalue weighted by molar-refractivity contribution is 0.136. The summed E-state index contributed by atoms with van der Waals surface area (Å²) in [5.41, 5.74) is 0.998. The first-order valence-electron chi connectivity index (χ1n) is 6.58. The second-order valence-corrected chi connectivity index (χ2v) is 4.74. The van der Waals surface area contributed by atoms with Crippen molar-refractivity contribution < 1.29 is 9.53 Å². The number of amides is 1. The fourth-order valence-corrected chi connectivity index (χ4v) is 2.23. The first-order chi connectivity index (χ1) is 9.28. The summed E-state index contributed by atoms with van der Waals surface area (Å²) in [5, 5.41) is 2.90. The summed E-state index contributed by atoms with van der Waals surface area (Å²) in [6.45, 7) is 6.77. The van der Waals surface area contributed by atoms with E-state index in [4.69, 9.17) is 4.74 Å². The fraction of sp³-hybridized carbons (Fsp3) is 0.400. The molecule has 0 radical (unpaired) electrons. The van der Waals surface area contributed by atoms with Crippen molar-refractivity contribution >= 4 is 6.09 Å². The number of hydrogen-bond donors (Lipinski definition) is 1. The molecule has 1 aromatic rings. The van der Waals surface area contributed by atoms with Crippen molar-refractivity contribution in [3.8, 4) is 0 Å². The van der Waals surface area contributed by atoms with Crippen molar-refractivity contribution in [1.29, 1.82) is 0 Å². The molecule has 1 atom stereocenters. The molecular weight excluding hydrogens is 240 g/mol. The predicted octanol–water partition coefficient (Wildman–Crippen LogP) is 2.17. The van der Waals surface area contributed by atoms with Gasteiger partial charge in [0.25, 0.3) is 0 Å². The molecule has 0 unspecified atom stereocenters. The summed E-state index contributed by atoms with van der Waals surface area (Å²) in [4.78, 5) is 13.9. The molecule has 102 valence electrons.